The topological polar surface area (TPSA) is 122 Å². The van der Waals surface area contributed by atoms with Gasteiger partial charge in [0.15, 0.2) is 23.3 Å². The van der Waals surface area contributed by atoms with Gasteiger partial charge in [-0.2, -0.15) is 0 Å². The van der Waals surface area contributed by atoms with E-state index in [0.717, 1.165) is 86.9 Å². The fourth-order valence-corrected chi connectivity index (χ4v) is 8.64. The summed E-state index contributed by atoms with van der Waals surface area (Å²) in [7, 11) is 0. The highest BCUT2D eigenvalue weighted by atomic mass is 15.3. The van der Waals surface area contributed by atoms with Crippen molar-refractivity contribution in [2.75, 3.05) is 0 Å². The summed E-state index contributed by atoms with van der Waals surface area (Å²) in [5, 5.41) is 12.0. The van der Waals surface area contributed by atoms with Crippen LogP contribution in [-0.4, -0.2) is 39.6 Å². The number of aromatic nitrogens is 8. The van der Waals surface area contributed by atoms with Crippen LogP contribution in [0.5, 0.6) is 0 Å². The molecule has 13 rings (SSSR count). The molecule has 0 saturated heterocycles. The Hall–Kier alpha value is -8.04. The average Bonchev–Trinajstić information content (AvgIpc) is 3.94. The Morgan fingerprint density at radius 2 is 0.614 bits per heavy atom. The number of nitrogens with one attached hydrogen (secondary N) is 2. The molecule has 9 nitrogen and oxygen atoms in total. The van der Waals surface area contributed by atoms with Crippen molar-refractivity contribution < 1.29 is 0 Å². The van der Waals surface area contributed by atoms with Gasteiger partial charge < -0.3 is 15.5 Å². The Bertz CT molecular complexity index is 3540. The van der Waals surface area contributed by atoms with Gasteiger partial charge in [-0.15, -0.1) is 0 Å². The first-order valence-electron chi connectivity index (χ1n) is 18.8. The number of aromatic amines is 1. The molecule has 8 aromatic carbocycles. The Balaban J connectivity index is 1.25. The van der Waals surface area contributed by atoms with E-state index >= 15 is 0 Å². The summed E-state index contributed by atoms with van der Waals surface area (Å²) in [4.78, 5) is 35.0. The fraction of sp³-hybridized carbons (Fsp3) is 0. The van der Waals surface area contributed by atoms with Crippen LogP contribution in [0.4, 0.5) is 0 Å². The molecule has 0 radical (unpaired) electrons. The smallest absolute Gasteiger partial charge is 0.164 e. The van der Waals surface area contributed by atoms with Crippen molar-refractivity contribution in [2.24, 2.45) is 0 Å². The Morgan fingerprint density at radius 3 is 0.947 bits per heavy atom. The molecule has 0 aliphatic carbocycles. The van der Waals surface area contributed by atoms with E-state index in [2.05, 4.69) is 102 Å². The zero-order valence-electron chi connectivity index (χ0n) is 30.0. The highest BCUT2D eigenvalue weighted by Crippen LogP contribution is 2.41. The first-order valence-corrected chi connectivity index (χ1v) is 18.8. The Kier molecular flexibility index (Phi) is 5.86. The minimum atomic E-state index is 0.422. The largest absolute Gasteiger partial charge is 0.629 e. The molecule has 0 fully saturated rings. The number of H-pyrrole nitrogens is 1. The summed E-state index contributed by atoms with van der Waals surface area (Å²) >= 11 is 0. The van der Waals surface area contributed by atoms with Crippen molar-refractivity contribution in [2.45, 2.75) is 0 Å². The molecular weight excluding hydrogens is 703 g/mol. The average molecular weight is 729 g/mol. The van der Waals surface area contributed by atoms with Gasteiger partial charge in [0, 0.05) is 43.8 Å². The molecular formula is C48H26N9-. The number of hydrogen-bond acceptors (Lipinski definition) is 6. The van der Waals surface area contributed by atoms with Crippen molar-refractivity contribution >= 4 is 87.2 Å². The number of benzene rings is 8. The summed E-state index contributed by atoms with van der Waals surface area (Å²) in [6.07, 6.45) is 0. The van der Waals surface area contributed by atoms with Crippen molar-refractivity contribution in [3.8, 4) is 45.6 Å². The maximum absolute atomic E-state index is 9.68. The standard InChI is InChI=1S/C48H26N9/c49-57-47-39-23-31-15-7-8-16-32(31)24-40(39)48(57)56-46-38-22-30-14-6-4-12-28(30)20-36(38)44(54-46)52-42-34-18-26-10-2-1-9-25(26)17-33(34)41(50-42)51-43-35-19-27-11-3-5-13-29(27)21-37(35)45(53-43)55-47/h1-24,49H,(H,50,51,52,53,54,55,56)/q-1. The minimum absolute atomic E-state index is 0.422. The lowest BCUT2D eigenvalue weighted by Crippen LogP contribution is -1.90. The summed E-state index contributed by atoms with van der Waals surface area (Å²) < 4.78 is 1.32. The summed E-state index contributed by atoms with van der Waals surface area (Å²) in [5.41, 5.74) is 5.53. The van der Waals surface area contributed by atoms with Gasteiger partial charge in [-0.3, -0.25) is 0 Å². The minimum Gasteiger partial charge on any atom is -0.629 e. The van der Waals surface area contributed by atoms with Crippen LogP contribution in [-0.2, 0) is 0 Å². The van der Waals surface area contributed by atoms with Gasteiger partial charge >= 0.3 is 0 Å². The molecule has 2 aliphatic rings. The van der Waals surface area contributed by atoms with E-state index in [9.17, 15) is 5.84 Å². The molecule has 8 bridgehead atoms. The third kappa shape index (κ3) is 4.39. The van der Waals surface area contributed by atoms with Crippen LogP contribution in [0.1, 0.15) is 0 Å². The third-order valence-electron chi connectivity index (χ3n) is 11.4. The van der Waals surface area contributed by atoms with Crippen LogP contribution in [0, 0.1) is 0 Å². The van der Waals surface area contributed by atoms with E-state index in [1.807, 2.05) is 48.5 Å². The molecule has 0 spiro atoms. The lowest BCUT2D eigenvalue weighted by molar-refractivity contribution is 1.11. The van der Waals surface area contributed by atoms with E-state index in [0.29, 0.717) is 45.9 Å². The Morgan fingerprint density at radius 1 is 0.333 bits per heavy atom. The van der Waals surface area contributed by atoms with Crippen molar-refractivity contribution in [1.29, 1.82) is 0 Å². The van der Waals surface area contributed by atoms with Gasteiger partial charge in [0.2, 0.25) is 0 Å². The fourth-order valence-electron chi connectivity index (χ4n) is 8.64. The van der Waals surface area contributed by atoms with Crippen LogP contribution in [0.15, 0.2) is 146 Å². The molecule has 9 heteroatoms. The van der Waals surface area contributed by atoms with E-state index < -0.39 is 0 Å². The molecule has 5 heterocycles. The predicted molar refractivity (Wildman–Crippen MR) is 229 cm³/mol. The van der Waals surface area contributed by atoms with Gasteiger partial charge in [0.05, 0.1) is 0 Å². The van der Waals surface area contributed by atoms with E-state index in [4.69, 9.17) is 29.9 Å². The zero-order valence-corrected chi connectivity index (χ0v) is 30.0. The molecule has 2 N–H and O–H groups in total. The first-order chi connectivity index (χ1) is 28.1. The summed E-state index contributed by atoms with van der Waals surface area (Å²) in [5.74, 6) is 11.7. The van der Waals surface area contributed by atoms with Gasteiger partial charge in [-0.1, -0.05) is 97.1 Å². The van der Waals surface area contributed by atoms with Gasteiger partial charge in [0.25, 0.3) is 0 Å². The monoisotopic (exact) mass is 728 g/mol. The number of rotatable bonds is 0. The van der Waals surface area contributed by atoms with Gasteiger partial charge in [-0.25, -0.2) is 29.9 Å². The van der Waals surface area contributed by atoms with Crippen LogP contribution < -0.4 is 0 Å². The summed E-state index contributed by atoms with van der Waals surface area (Å²) in [6, 6.07) is 50.1. The molecule has 2 aliphatic heterocycles. The van der Waals surface area contributed by atoms with Crippen molar-refractivity contribution in [3.63, 3.8) is 0 Å². The SMILES string of the molecule is [NH-]n1c2nc3nc(nc4[nH]c(nc5nc(nc1c1cc6ccccc6cc12)-c1cc2ccccc2cc1-5)c1cc2ccccc2cc41)-c1cc2ccccc2cc1-3. The van der Waals surface area contributed by atoms with E-state index in [-0.39, 0.29) is 0 Å². The number of nitrogens with zero attached hydrogens (tertiary/aromatic N) is 7. The highest BCUT2D eigenvalue weighted by molar-refractivity contribution is 6.13. The second-order valence-corrected chi connectivity index (χ2v) is 14.7. The molecule has 11 aromatic rings. The van der Waals surface area contributed by atoms with Crippen LogP contribution in [0.25, 0.3) is 139 Å². The molecule has 57 heavy (non-hydrogen) atoms. The predicted octanol–water partition coefficient (Wildman–Crippen LogP) is 11.8. The highest BCUT2D eigenvalue weighted by Gasteiger charge is 2.24. The Labute approximate surface area is 322 Å². The lowest BCUT2D eigenvalue weighted by atomic mass is 10.0. The molecule has 3 aromatic heterocycles. The molecule has 0 unspecified atom stereocenters. The zero-order chi connectivity index (χ0) is 37.4. The maximum Gasteiger partial charge on any atom is 0.164 e. The second-order valence-electron chi connectivity index (χ2n) is 14.7. The van der Waals surface area contributed by atoms with E-state index in [1.54, 1.807) is 0 Å². The molecule has 0 saturated carbocycles. The van der Waals surface area contributed by atoms with Gasteiger partial charge in [0.1, 0.15) is 22.6 Å². The first kappa shape index (κ1) is 30.3. The quantitative estimate of drug-likeness (QED) is 0.166. The van der Waals surface area contributed by atoms with Crippen molar-refractivity contribution in [3.05, 3.63) is 151 Å². The maximum atomic E-state index is 9.68. The normalized spacial score (nSPS) is 12.3. The lowest BCUT2D eigenvalue weighted by Gasteiger charge is -2.07. The van der Waals surface area contributed by atoms with Crippen molar-refractivity contribution in [1.82, 2.24) is 39.6 Å². The molecule has 264 valence electrons. The van der Waals surface area contributed by atoms with Gasteiger partial charge in [-0.05, 0) is 91.6 Å². The van der Waals surface area contributed by atoms with Crippen LogP contribution in [0.3, 0.4) is 0 Å². The third-order valence-corrected chi connectivity index (χ3v) is 11.4. The summed E-state index contributed by atoms with van der Waals surface area (Å²) in [6.45, 7) is 0. The van der Waals surface area contributed by atoms with Crippen LogP contribution >= 0.6 is 0 Å². The molecule has 0 amide bonds. The van der Waals surface area contributed by atoms with Crippen LogP contribution in [0.2, 0.25) is 0 Å². The number of hydrogen-bond donors (Lipinski definition) is 1. The van der Waals surface area contributed by atoms with E-state index in [1.165, 1.54) is 4.68 Å². The second kappa shape index (κ2) is 11.0. The molecule has 0 atom stereocenters. The number of fused-ring (bicyclic) bond motifs is 24.